The molecule has 4 heteroatoms. The summed E-state index contributed by atoms with van der Waals surface area (Å²) >= 11 is 0. The van der Waals surface area contributed by atoms with Gasteiger partial charge >= 0.3 is 5.97 Å². The molecule has 1 aromatic heterocycles. The number of pyridine rings is 1. The van der Waals surface area contributed by atoms with Crippen molar-refractivity contribution in [3.05, 3.63) is 42.1 Å². The highest BCUT2D eigenvalue weighted by Gasteiger charge is 2.20. The first-order valence-electron chi connectivity index (χ1n) is 7.25. The van der Waals surface area contributed by atoms with Crippen molar-refractivity contribution in [1.82, 2.24) is 10.3 Å². The number of methoxy groups -OCH3 is 1. The first-order valence-corrected chi connectivity index (χ1v) is 7.25. The maximum Gasteiger partial charge on any atom is 0.322 e. The molecular formula is C17H22N2O2. The standard InChI is InChI=1S/C17H22N2O2/c1-12(2)10-16(17(20)21-3)19-11-13-8-9-18-15-7-5-4-6-14(13)15/h4-9,12,16,19H,10-11H2,1-3H3. The van der Waals surface area contributed by atoms with Crippen molar-refractivity contribution in [2.45, 2.75) is 32.9 Å². The molecule has 0 spiro atoms. The molecule has 1 aromatic carbocycles. The Bertz CT molecular complexity index is 605. The van der Waals surface area contributed by atoms with Crippen LogP contribution in [0.2, 0.25) is 0 Å². The minimum Gasteiger partial charge on any atom is -0.468 e. The van der Waals surface area contributed by atoms with E-state index in [1.807, 2.05) is 24.3 Å². The van der Waals surface area contributed by atoms with Crippen molar-refractivity contribution < 1.29 is 9.53 Å². The average Bonchev–Trinajstić information content (AvgIpc) is 2.50. The number of hydrogen-bond acceptors (Lipinski definition) is 4. The molecule has 0 fully saturated rings. The summed E-state index contributed by atoms with van der Waals surface area (Å²) in [5.41, 5.74) is 2.11. The lowest BCUT2D eigenvalue weighted by Crippen LogP contribution is -2.38. The number of ether oxygens (including phenoxy) is 1. The van der Waals surface area contributed by atoms with Gasteiger partial charge in [0.15, 0.2) is 0 Å². The van der Waals surface area contributed by atoms with Crippen LogP contribution in [0, 0.1) is 5.92 Å². The van der Waals surface area contributed by atoms with Gasteiger partial charge in [0.05, 0.1) is 12.6 Å². The number of para-hydroxylation sites is 1. The van der Waals surface area contributed by atoms with E-state index in [-0.39, 0.29) is 12.0 Å². The van der Waals surface area contributed by atoms with Crippen molar-refractivity contribution in [2.75, 3.05) is 7.11 Å². The summed E-state index contributed by atoms with van der Waals surface area (Å²) in [6.45, 7) is 4.81. The Morgan fingerprint density at radius 3 is 2.76 bits per heavy atom. The van der Waals surface area contributed by atoms with Crippen LogP contribution in [0.3, 0.4) is 0 Å². The van der Waals surface area contributed by atoms with Crippen LogP contribution < -0.4 is 5.32 Å². The summed E-state index contributed by atoms with van der Waals surface area (Å²) in [6, 6.07) is 9.72. The third-order valence-electron chi connectivity index (χ3n) is 3.47. The minimum absolute atomic E-state index is 0.206. The van der Waals surface area contributed by atoms with Gasteiger partial charge in [0.2, 0.25) is 0 Å². The van der Waals surface area contributed by atoms with Crippen molar-refractivity contribution in [3.8, 4) is 0 Å². The average molecular weight is 286 g/mol. The highest BCUT2D eigenvalue weighted by atomic mass is 16.5. The fraction of sp³-hybridized carbons (Fsp3) is 0.412. The van der Waals surface area contributed by atoms with Crippen LogP contribution in [0.25, 0.3) is 10.9 Å². The predicted octanol–water partition coefficient (Wildman–Crippen LogP) is 2.91. The van der Waals surface area contributed by atoms with Crippen LogP contribution in [0.4, 0.5) is 0 Å². The summed E-state index contributed by atoms with van der Waals surface area (Å²) < 4.78 is 4.88. The Kier molecular flexibility index (Phi) is 5.28. The molecule has 1 N–H and O–H groups in total. The molecule has 1 atom stereocenters. The minimum atomic E-state index is -0.276. The number of esters is 1. The van der Waals surface area contributed by atoms with Crippen molar-refractivity contribution in [1.29, 1.82) is 0 Å². The summed E-state index contributed by atoms with van der Waals surface area (Å²) in [4.78, 5) is 16.2. The highest BCUT2D eigenvalue weighted by molar-refractivity contribution is 5.82. The summed E-state index contributed by atoms with van der Waals surface area (Å²) in [7, 11) is 1.43. The number of carbonyl (C=O) groups is 1. The highest BCUT2D eigenvalue weighted by Crippen LogP contribution is 2.16. The molecule has 0 aliphatic rings. The maximum absolute atomic E-state index is 11.8. The lowest BCUT2D eigenvalue weighted by molar-refractivity contribution is -0.143. The van der Waals surface area contributed by atoms with Crippen LogP contribution in [0.15, 0.2) is 36.5 Å². The van der Waals surface area contributed by atoms with E-state index in [0.29, 0.717) is 12.5 Å². The van der Waals surface area contributed by atoms with Crippen molar-refractivity contribution >= 4 is 16.9 Å². The van der Waals surface area contributed by atoms with Crippen LogP contribution in [-0.4, -0.2) is 24.1 Å². The third kappa shape index (κ3) is 4.02. The number of aromatic nitrogens is 1. The zero-order valence-corrected chi connectivity index (χ0v) is 12.8. The molecular weight excluding hydrogens is 264 g/mol. The summed E-state index contributed by atoms with van der Waals surface area (Å²) in [6.07, 6.45) is 2.56. The monoisotopic (exact) mass is 286 g/mol. The van der Waals surface area contributed by atoms with Gasteiger partial charge in [-0.05, 0) is 30.0 Å². The molecule has 0 amide bonds. The van der Waals surface area contributed by atoms with E-state index < -0.39 is 0 Å². The number of carbonyl (C=O) groups excluding carboxylic acids is 1. The number of rotatable bonds is 6. The first-order chi connectivity index (χ1) is 10.1. The van der Waals surface area contributed by atoms with Crippen LogP contribution in [0.1, 0.15) is 25.8 Å². The van der Waals surface area contributed by atoms with Crippen LogP contribution >= 0.6 is 0 Å². The molecule has 0 aliphatic heterocycles. The molecule has 0 aliphatic carbocycles. The van der Waals surface area contributed by atoms with Crippen molar-refractivity contribution in [3.63, 3.8) is 0 Å². The molecule has 0 radical (unpaired) electrons. The Morgan fingerprint density at radius 1 is 1.29 bits per heavy atom. The van der Waals surface area contributed by atoms with E-state index >= 15 is 0 Å². The van der Waals surface area contributed by atoms with Gasteiger partial charge in [0.1, 0.15) is 6.04 Å². The lowest BCUT2D eigenvalue weighted by atomic mass is 10.0. The Hall–Kier alpha value is -1.94. The van der Waals surface area contributed by atoms with E-state index in [9.17, 15) is 4.79 Å². The first kappa shape index (κ1) is 15.4. The Morgan fingerprint density at radius 2 is 2.05 bits per heavy atom. The van der Waals surface area contributed by atoms with Crippen molar-refractivity contribution in [2.24, 2.45) is 5.92 Å². The number of fused-ring (bicyclic) bond motifs is 1. The number of benzene rings is 1. The SMILES string of the molecule is COC(=O)C(CC(C)C)NCc1ccnc2ccccc12. The zero-order chi connectivity index (χ0) is 15.2. The maximum atomic E-state index is 11.8. The Balaban J connectivity index is 2.13. The van der Waals surface area contributed by atoms with E-state index in [2.05, 4.69) is 30.2 Å². The van der Waals surface area contributed by atoms with Crippen LogP contribution in [0.5, 0.6) is 0 Å². The molecule has 21 heavy (non-hydrogen) atoms. The fourth-order valence-electron chi connectivity index (χ4n) is 2.42. The van der Waals surface area contributed by atoms with Gasteiger partial charge in [-0.3, -0.25) is 9.78 Å². The van der Waals surface area contributed by atoms with Gasteiger partial charge in [-0.15, -0.1) is 0 Å². The molecule has 2 rings (SSSR count). The van der Waals surface area contributed by atoms with E-state index in [1.54, 1.807) is 6.20 Å². The summed E-state index contributed by atoms with van der Waals surface area (Å²) in [5, 5.41) is 4.42. The fourth-order valence-corrected chi connectivity index (χ4v) is 2.42. The third-order valence-corrected chi connectivity index (χ3v) is 3.47. The van der Waals surface area contributed by atoms with Gasteiger partial charge in [-0.1, -0.05) is 32.0 Å². The smallest absolute Gasteiger partial charge is 0.322 e. The quantitative estimate of drug-likeness (QED) is 0.830. The molecule has 4 nitrogen and oxygen atoms in total. The van der Waals surface area contributed by atoms with E-state index in [1.165, 1.54) is 7.11 Å². The molecule has 0 saturated heterocycles. The van der Waals surface area contributed by atoms with E-state index in [4.69, 9.17) is 4.74 Å². The van der Waals surface area contributed by atoms with Gasteiger partial charge in [0.25, 0.3) is 0 Å². The van der Waals surface area contributed by atoms with Crippen LogP contribution in [-0.2, 0) is 16.1 Å². The van der Waals surface area contributed by atoms with Gasteiger partial charge in [-0.2, -0.15) is 0 Å². The lowest BCUT2D eigenvalue weighted by Gasteiger charge is -2.18. The second-order valence-corrected chi connectivity index (χ2v) is 5.57. The predicted molar refractivity (Wildman–Crippen MR) is 83.8 cm³/mol. The molecule has 2 aromatic rings. The topological polar surface area (TPSA) is 51.2 Å². The number of nitrogens with one attached hydrogen (secondary N) is 1. The van der Waals surface area contributed by atoms with Gasteiger partial charge in [0, 0.05) is 18.1 Å². The summed E-state index contributed by atoms with van der Waals surface area (Å²) in [5.74, 6) is 0.220. The molecule has 112 valence electrons. The second kappa shape index (κ2) is 7.18. The number of nitrogens with zero attached hydrogens (tertiary/aromatic N) is 1. The molecule has 1 unspecified atom stereocenters. The van der Waals surface area contributed by atoms with Gasteiger partial charge in [-0.25, -0.2) is 0 Å². The Labute approximate surface area is 125 Å². The largest absolute Gasteiger partial charge is 0.468 e. The van der Waals surface area contributed by atoms with E-state index in [0.717, 1.165) is 22.9 Å². The molecule has 0 bridgehead atoms. The van der Waals surface area contributed by atoms with Gasteiger partial charge < -0.3 is 10.1 Å². The normalized spacial score (nSPS) is 12.6. The second-order valence-electron chi connectivity index (χ2n) is 5.57. The molecule has 1 heterocycles. The zero-order valence-electron chi connectivity index (χ0n) is 12.8. The number of hydrogen-bond donors (Lipinski definition) is 1. The molecule has 0 saturated carbocycles.